The molecule has 0 bridgehead atoms. The van der Waals surface area contributed by atoms with Gasteiger partial charge >= 0.3 is 5.97 Å². The molecule has 1 fully saturated rings. The fourth-order valence-electron chi connectivity index (χ4n) is 3.43. The largest absolute Gasteiger partial charge is 0.494 e. The van der Waals surface area contributed by atoms with Crippen molar-refractivity contribution in [1.29, 1.82) is 0 Å². The van der Waals surface area contributed by atoms with E-state index in [1.165, 1.54) is 0 Å². The molecule has 0 saturated carbocycles. The molecule has 32 heavy (non-hydrogen) atoms. The number of hydrogen-bond donors (Lipinski definition) is 0. The third-order valence-corrected chi connectivity index (χ3v) is 6.88. The number of nitrogens with zero attached hydrogens (tertiary/aromatic N) is 2. The fourth-order valence-corrected chi connectivity index (χ4v) is 4.89. The second-order valence-corrected chi connectivity index (χ2v) is 10.9. The first-order chi connectivity index (χ1) is 15.1. The Morgan fingerprint density at radius 2 is 1.62 bits per heavy atom. The van der Waals surface area contributed by atoms with E-state index in [4.69, 9.17) is 14.2 Å². The van der Waals surface area contributed by atoms with Gasteiger partial charge in [-0.25, -0.2) is 8.42 Å². The molecule has 0 amide bonds. The lowest BCUT2D eigenvalue weighted by molar-refractivity contribution is -0.155. The van der Waals surface area contributed by atoms with Gasteiger partial charge in [0.15, 0.2) is 0 Å². The predicted molar refractivity (Wildman–Crippen MR) is 126 cm³/mol. The Morgan fingerprint density at radius 1 is 1.00 bits per heavy atom. The zero-order chi connectivity index (χ0) is 23.6. The smallest absolute Gasteiger partial charge is 0.306 e. The van der Waals surface area contributed by atoms with Crippen molar-refractivity contribution in [2.45, 2.75) is 52.6 Å². The number of piperazine rings is 1. The van der Waals surface area contributed by atoms with Crippen molar-refractivity contribution in [2.75, 3.05) is 56.7 Å². The summed E-state index contributed by atoms with van der Waals surface area (Å²) in [6.45, 7) is 11.1. The molecule has 9 heteroatoms. The third kappa shape index (κ3) is 9.34. The summed E-state index contributed by atoms with van der Waals surface area (Å²) in [5.74, 6) is 0.667. The third-order valence-electron chi connectivity index (χ3n) is 4.93. The maximum atomic E-state index is 12.6. The highest BCUT2D eigenvalue weighted by atomic mass is 32.2. The lowest BCUT2D eigenvalue weighted by Crippen LogP contribution is -2.49. The van der Waals surface area contributed by atoms with Gasteiger partial charge in [-0.15, -0.1) is 0 Å². The number of hydrogen-bond acceptors (Lipinski definition) is 7. The van der Waals surface area contributed by atoms with E-state index in [0.717, 1.165) is 11.4 Å². The van der Waals surface area contributed by atoms with Crippen LogP contribution in [0.3, 0.4) is 0 Å². The number of carbonyl (C=O) groups is 1. The molecule has 1 aromatic rings. The number of esters is 1. The van der Waals surface area contributed by atoms with Crippen LogP contribution in [0.15, 0.2) is 24.3 Å². The minimum atomic E-state index is -3.30. The SMILES string of the molecule is CCOc1ccc(N2CCN(S(=O)(=O)CCCOCCCC(=O)OC(C)(C)C)CC2)cc1. The lowest BCUT2D eigenvalue weighted by Gasteiger charge is -2.35. The van der Waals surface area contributed by atoms with Gasteiger partial charge in [-0.2, -0.15) is 4.31 Å². The number of benzene rings is 1. The van der Waals surface area contributed by atoms with Crippen LogP contribution < -0.4 is 9.64 Å². The average molecular weight is 471 g/mol. The Kier molecular flexibility index (Phi) is 10.2. The van der Waals surface area contributed by atoms with Crippen LogP contribution in [-0.2, 0) is 24.3 Å². The Balaban J connectivity index is 1.62. The average Bonchev–Trinajstić information content (AvgIpc) is 2.73. The topological polar surface area (TPSA) is 85.4 Å². The molecule has 0 spiro atoms. The van der Waals surface area contributed by atoms with Gasteiger partial charge in [0.2, 0.25) is 10.0 Å². The number of carbonyl (C=O) groups excluding carboxylic acids is 1. The van der Waals surface area contributed by atoms with Gasteiger partial charge in [-0.3, -0.25) is 4.79 Å². The van der Waals surface area contributed by atoms with E-state index in [1.54, 1.807) is 4.31 Å². The van der Waals surface area contributed by atoms with Crippen LogP contribution in [-0.4, -0.2) is 76.0 Å². The van der Waals surface area contributed by atoms with Crippen molar-refractivity contribution in [1.82, 2.24) is 4.31 Å². The molecule has 0 unspecified atom stereocenters. The quantitative estimate of drug-likeness (QED) is 0.343. The zero-order valence-corrected chi connectivity index (χ0v) is 20.7. The lowest BCUT2D eigenvalue weighted by atomic mass is 10.2. The summed E-state index contributed by atoms with van der Waals surface area (Å²) in [7, 11) is -3.30. The first kappa shape index (κ1) is 26.4. The molecule has 1 saturated heterocycles. The molecule has 0 N–H and O–H groups in total. The Labute approximate surface area is 192 Å². The Morgan fingerprint density at radius 3 is 2.22 bits per heavy atom. The van der Waals surface area contributed by atoms with Gasteiger partial charge in [0.1, 0.15) is 11.4 Å². The molecule has 2 rings (SSSR count). The van der Waals surface area contributed by atoms with Crippen LogP contribution >= 0.6 is 0 Å². The standard InChI is InChI=1S/C23H38N2O6S/c1-5-30-21-11-9-20(10-12-21)24-13-15-25(16-14-24)32(27,28)19-7-18-29-17-6-8-22(26)31-23(2,3)4/h9-12H,5-8,13-19H2,1-4H3. The summed E-state index contributed by atoms with van der Waals surface area (Å²) in [6.07, 6.45) is 1.30. The van der Waals surface area contributed by atoms with Crippen molar-refractivity contribution >= 4 is 21.7 Å². The molecule has 0 aliphatic carbocycles. The molecule has 0 atom stereocenters. The summed E-state index contributed by atoms with van der Waals surface area (Å²) < 4.78 is 43.0. The van der Waals surface area contributed by atoms with Crippen molar-refractivity contribution in [3.63, 3.8) is 0 Å². The molecule has 182 valence electrons. The second-order valence-electron chi connectivity index (χ2n) is 8.78. The predicted octanol–water partition coefficient (Wildman–Crippen LogP) is 3.07. The van der Waals surface area contributed by atoms with Crippen molar-refractivity contribution in [2.24, 2.45) is 0 Å². The highest BCUT2D eigenvalue weighted by molar-refractivity contribution is 7.89. The minimum absolute atomic E-state index is 0.0715. The van der Waals surface area contributed by atoms with E-state index in [9.17, 15) is 13.2 Å². The van der Waals surface area contributed by atoms with Crippen molar-refractivity contribution < 1.29 is 27.4 Å². The van der Waals surface area contributed by atoms with Gasteiger partial charge < -0.3 is 19.1 Å². The van der Waals surface area contributed by atoms with Gasteiger partial charge in [0, 0.05) is 51.5 Å². The molecular weight excluding hydrogens is 432 g/mol. The molecule has 0 radical (unpaired) electrons. The Bertz CT molecular complexity index is 797. The molecule has 8 nitrogen and oxygen atoms in total. The number of anilines is 1. The molecule has 1 heterocycles. The van der Waals surface area contributed by atoms with E-state index in [0.29, 0.717) is 65.3 Å². The first-order valence-corrected chi connectivity index (χ1v) is 13.0. The highest BCUT2D eigenvalue weighted by Gasteiger charge is 2.26. The molecular formula is C23H38N2O6S. The van der Waals surface area contributed by atoms with Gasteiger partial charge in [-0.1, -0.05) is 0 Å². The maximum absolute atomic E-state index is 12.6. The first-order valence-electron chi connectivity index (χ1n) is 11.4. The monoisotopic (exact) mass is 470 g/mol. The van der Waals surface area contributed by atoms with E-state index in [-0.39, 0.29) is 11.7 Å². The number of ether oxygens (including phenoxy) is 3. The zero-order valence-electron chi connectivity index (χ0n) is 19.8. The van der Waals surface area contributed by atoms with Crippen LogP contribution in [0.2, 0.25) is 0 Å². The summed E-state index contributed by atoms with van der Waals surface area (Å²) in [5.41, 5.74) is 0.594. The van der Waals surface area contributed by atoms with Gasteiger partial charge in [-0.05, 0) is 64.8 Å². The van der Waals surface area contributed by atoms with Gasteiger partial charge in [0.05, 0.1) is 12.4 Å². The van der Waals surface area contributed by atoms with Crippen LogP contribution in [0.4, 0.5) is 5.69 Å². The van der Waals surface area contributed by atoms with E-state index < -0.39 is 15.6 Å². The summed E-state index contributed by atoms with van der Waals surface area (Å²) >= 11 is 0. The van der Waals surface area contributed by atoms with Crippen LogP contribution in [0, 0.1) is 0 Å². The second kappa shape index (κ2) is 12.4. The van der Waals surface area contributed by atoms with Crippen LogP contribution in [0.25, 0.3) is 0 Å². The van der Waals surface area contributed by atoms with Crippen LogP contribution in [0.1, 0.15) is 47.0 Å². The van der Waals surface area contributed by atoms with Crippen LogP contribution in [0.5, 0.6) is 5.75 Å². The maximum Gasteiger partial charge on any atom is 0.306 e. The molecule has 1 aliphatic heterocycles. The van der Waals surface area contributed by atoms with E-state index in [2.05, 4.69) is 4.90 Å². The minimum Gasteiger partial charge on any atom is -0.494 e. The molecule has 0 aromatic heterocycles. The molecule has 1 aromatic carbocycles. The van der Waals surface area contributed by atoms with Gasteiger partial charge in [0.25, 0.3) is 0 Å². The number of sulfonamides is 1. The fraction of sp³-hybridized carbons (Fsp3) is 0.696. The summed E-state index contributed by atoms with van der Waals surface area (Å²) in [5, 5.41) is 0. The van der Waals surface area contributed by atoms with Crippen molar-refractivity contribution in [3.05, 3.63) is 24.3 Å². The normalized spacial score (nSPS) is 15.6. The van der Waals surface area contributed by atoms with E-state index in [1.807, 2.05) is 52.0 Å². The number of rotatable bonds is 12. The summed E-state index contributed by atoms with van der Waals surface area (Å²) in [6, 6.07) is 7.90. The van der Waals surface area contributed by atoms with E-state index >= 15 is 0 Å². The Hall–Kier alpha value is -1.84. The molecule has 1 aliphatic rings. The summed E-state index contributed by atoms with van der Waals surface area (Å²) in [4.78, 5) is 13.8. The van der Waals surface area contributed by atoms with Crippen molar-refractivity contribution in [3.8, 4) is 5.75 Å². The highest BCUT2D eigenvalue weighted by Crippen LogP contribution is 2.21.